The number of rotatable bonds is 6. The molecule has 5 aromatic heterocycles. The van der Waals surface area contributed by atoms with Crippen LogP contribution in [0, 0.1) is 11.7 Å². The van der Waals surface area contributed by atoms with Crippen molar-refractivity contribution in [2.75, 3.05) is 12.4 Å². The molecule has 3 N–H and O–H groups in total. The number of aromatic nitrogens is 6. The van der Waals surface area contributed by atoms with Crippen LogP contribution in [0.2, 0.25) is 0 Å². The van der Waals surface area contributed by atoms with Crippen molar-refractivity contribution in [2.45, 2.75) is 12.8 Å². The van der Waals surface area contributed by atoms with Crippen LogP contribution in [0.15, 0.2) is 67.3 Å². The summed E-state index contributed by atoms with van der Waals surface area (Å²) < 4.78 is 19.5. The van der Waals surface area contributed by atoms with Crippen molar-refractivity contribution in [3.8, 4) is 39.5 Å². The van der Waals surface area contributed by atoms with E-state index in [9.17, 15) is 9.18 Å². The Bertz CT molecular complexity index is 1890. The first-order valence-corrected chi connectivity index (χ1v) is 12.5. The molecule has 7 rings (SSSR count). The molecule has 1 aliphatic carbocycles. The van der Waals surface area contributed by atoms with Crippen LogP contribution < -0.4 is 10.1 Å². The number of aromatic amines is 2. The van der Waals surface area contributed by atoms with Crippen LogP contribution in [-0.4, -0.2) is 43.2 Å². The number of hydrogen-bond acceptors (Lipinski definition) is 6. The van der Waals surface area contributed by atoms with Gasteiger partial charge in [-0.1, -0.05) is 0 Å². The Labute approximate surface area is 221 Å². The first kappa shape index (κ1) is 23.0. The van der Waals surface area contributed by atoms with E-state index in [4.69, 9.17) is 4.74 Å². The van der Waals surface area contributed by atoms with E-state index in [-0.39, 0.29) is 17.6 Å². The van der Waals surface area contributed by atoms with Crippen molar-refractivity contribution in [1.82, 2.24) is 30.1 Å². The van der Waals surface area contributed by atoms with Crippen LogP contribution in [0.4, 0.5) is 10.1 Å². The van der Waals surface area contributed by atoms with Crippen molar-refractivity contribution in [3.05, 3.63) is 73.1 Å². The maximum absolute atomic E-state index is 14.3. The number of anilines is 1. The van der Waals surface area contributed by atoms with E-state index in [2.05, 4.69) is 35.5 Å². The van der Waals surface area contributed by atoms with E-state index in [0.29, 0.717) is 34.0 Å². The lowest BCUT2D eigenvalue weighted by atomic mass is 10.0. The zero-order chi connectivity index (χ0) is 26.5. The van der Waals surface area contributed by atoms with E-state index >= 15 is 0 Å². The molecule has 0 atom stereocenters. The number of amides is 1. The molecule has 1 aromatic carbocycles. The number of benzene rings is 1. The van der Waals surface area contributed by atoms with E-state index in [1.165, 1.54) is 19.2 Å². The summed E-state index contributed by atoms with van der Waals surface area (Å²) in [5.41, 5.74) is 6.48. The fourth-order valence-corrected chi connectivity index (χ4v) is 4.76. The summed E-state index contributed by atoms with van der Waals surface area (Å²) >= 11 is 0. The highest BCUT2D eigenvalue weighted by atomic mass is 19.1. The average molecular weight is 520 g/mol. The molecule has 1 saturated carbocycles. The van der Waals surface area contributed by atoms with Gasteiger partial charge in [0, 0.05) is 40.7 Å². The number of H-pyrrole nitrogens is 2. The molecule has 5 heterocycles. The Morgan fingerprint density at radius 2 is 1.92 bits per heavy atom. The number of nitrogens with zero attached hydrogens (tertiary/aromatic N) is 4. The molecule has 0 spiro atoms. The summed E-state index contributed by atoms with van der Waals surface area (Å²) in [5, 5.41) is 12.2. The largest absolute Gasteiger partial charge is 0.497 e. The summed E-state index contributed by atoms with van der Waals surface area (Å²) in [6, 6.07) is 12.2. The number of pyridine rings is 3. The molecule has 1 amide bonds. The third-order valence-corrected chi connectivity index (χ3v) is 6.90. The summed E-state index contributed by atoms with van der Waals surface area (Å²) in [5.74, 6) is 0.188. The number of carbonyl (C=O) groups is 1. The van der Waals surface area contributed by atoms with E-state index in [1.54, 1.807) is 30.9 Å². The minimum Gasteiger partial charge on any atom is -0.497 e. The standard InChI is InChI=1S/C29H22FN7O2/c1-39-20-8-16(6-18(30)9-20)21-4-5-32-28-22(21)10-25(35-28)27-23-11-24(33-14-26(23)36-37-27)17-7-19(13-31-12-17)34-29(38)15-2-3-15/h4-15H,2-3H2,1H3,(H,32,35)(H,34,38)(H,36,37). The van der Waals surface area contributed by atoms with Crippen LogP contribution in [0.3, 0.4) is 0 Å². The topological polar surface area (TPSA) is 121 Å². The number of ether oxygens (including phenoxy) is 1. The lowest BCUT2D eigenvalue weighted by Gasteiger charge is -2.06. The lowest BCUT2D eigenvalue weighted by molar-refractivity contribution is -0.117. The molecule has 6 aromatic rings. The van der Waals surface area contributed by atoms with Crippen LogP contribution in [0.5, 0.6) is 5.75 Å². The highest BCUT2D eigenvalue weighted by Crippen LogP contribution is 2.36. The second kappa shape index (κ2) is 9.02. The molecular weight excluding hydrogens is 497 g/mol. The molecule has 10 heteroatoms. The maximum Gasteiger partial charge on any atom is 0.227 e. The van der Waals surface area contributed by atoms with Gasteiger partial charge in [0.15, 0.2) is 0 Å². The summed E-state index contributed by atoms with van der Waals surface area (Å²) in [6.07, 6.45) is 8.62. The van der Waals surface area contributed by atoms with Crippen molar-refractivity contribution in [2.24, 2.45) is 5.92 Å². The number of fused-ring (bicyclic) bond motifs is 2. The van der Waals surface area contributed by atoms with Gasteiger partial charge in [0.2, 0.25) is 5.91 Å². The molecule has 0 unspecified atom stereocenters. The summed E-state index contributed by atoms with van der Waals surface area (Å²) in [4.78, 5) is 28.9. The molecule has 192 valence electrons. The number of carbonyl (C=O) groups excluding carboxylic acids is 1. The van der Waals surface area contributed by atoms with Crippen molar-refractivity contribution in [3.63, 3.8) is 0 Å². The van der Waals surface area contributed by atoms with Gasteiger partial charge in [-0.25, -0.2) is 9.37 Å². The minimum atomic E-state index is -0.380. The Morgan fingerprint density at radius 1 is 1.03 bits per heavy atom. The second-order valence-electron chi connectivity index (χ2n) is 9.60. The van der Waals surface area contributed by atoms with E-state index < -0.39 is 0 Å². The van der Waals surface area contributed by atoms with Gasteiger partial charge in [0.25, 0.3) is 0 Å². The van der Waals surface area contributed by atoms with Crippen molar-refractivity contribution >= 4 is 33.5 Å². The fraction of sp³-hybridized carbons (Fsp3) is 0.138. The number of halogens is 1. The predicted octanol–water partition coefficient (Wildman–Crippen LogP) is 5.73. The third kappa shape index (κ3) is 4.25. The minimum absolute atomic E-state index is 0.0259. The smallest absolute Gasteiger partial charge is 0.227 e. The second-order valence-corrected chi connectivity index (χ2v) is 9.60. The van der Waals surface area contributed by atoms with Crippen LogP contribution in [0.25, 0.3) is 55.7 Å². The Balaban J connectivity index is 1.28. The number of nitrogens with one attached hydrogen (secondary N) is 3. The zero-order valence-electron chi connectivity index (χ0n) is 20.8. The number of hydrogen-bond donors (Lipinski definition) is 3. The Morgan fingerprint density at radius 3 is 2.77 bits per heavy atom. The monoisotopic (exact) mass is 519 g/mol. The average Bonchev–Trinajstić information content (AvgIpc) is 3.58. The van der Waals surface area contributed by atoms with E-state index in [0.717, 1.165) is 46.0 Å². The predicted molar refractivity (Wildman–Crippen MR) is 146 cm³/mol. The number of methoxy groups -OCH3 is 1. The zero-order valence-corrected chi connectivity index (χ0v) is 20.8. The third-order valence-electron chi connectivity index (χ3n) is 6.90. The molecule has 0 saturated heterocycles. The van der Waals surface area contributed by atoms with Gasteiger partial charge in [-0.3, -0.25) is 19.9 Å². The lowest BCUT2D eigenvalue weighted by Crippen LogP contribution is -2.13. The van der Waals surface area contributed by atoms with Gasteiger partial charge < -0.3 is 15.0 Å². The molecule has 0 bridgehead atoms. The summed E-state index contributed by atoms with van der Waals surface area (Å²) in [7, 11) is 1.51. The first-order chi connectivity index (χ1) is 19.1. The van der Waals surface area contributed by atoms with E-state index in [1.807, 2.05) is 24.3 Å². The molecule has 1 fully saturated rings. The van der Waals surface area contributed by atoms with Crippen LogP contribution in [-0.2, 0) is 4.79 Å². The Kier molecular flexibility index (Phi) is 5.32. The first-order valence-electron chi connectivity index (χ1n) is 12.5. The van der Waals surface area contributed by atoms with Crippen molar-refractivity contribution in [1.29, 1.82) is 0 Å². The van der Waals surface area contributed by atoms with Gasteiger partial charge in [-0.2, -0.15) is 5.10 Å². The van der Waals surface area contributed by atoms with Gasteiger partial charge in [-0.15, -0.1) is 0 Å². The normalized spacial score (nSPS) is 13.2. The molecule has 9 nitrogen and oxygen atoms in total. The van der Waals surface area contributed by atoms with Crippen LogP contribution >= 0.6 is 0 Å². The summed E-state index contributed by atoms with van der Waals surface area (Å²) in [6.45, 7) is 0. The van der Waals surface area contributed by atoms with Crippen molar-refractivity contribution < 1.29 is 13.9 Å². The molecular formula is C29H22FN7O2. The fourth-order valence-electron chi connectivity index (χ4n) is 4.76. The van der Waals surface area contributed by atoms with Gasteiger partial charge in [0.05, 0.1) is 42.1 Å². The highest BCUT2D eigenvalue weighted by Gasteiger charge is 2.29. The molecule has 1 aliphatic rings. The quantitative estimate of drug-likeness (QED) is 0.259. The van der Waals surface area contributed by atoms with Gasteiger partial charge in [-0.05, 0) is 60.4 Å². The molecule has 0 aliphatic heterocycles. The molecule has 39 heavy (non-hydrogen) atoms. The van der Waals surface area contributed by atoms with Gasteiger partial charge in [0.1, 0.15) is 22.9 Å². The highest BCUT2D eigenvalue weighted by molar-refractivity contribution is 6.00. The SMILES string of the molecule is COc1cc(F)cc(-c2ccnc3[nH]c(-c4n[nH]c5cnc(-c6cncc(NC(=O)C7CC7)c6)cc45)cc23)c1. The van der Waals surface area contributed by atoms with Crippen LogP contribution in [0.1, 0.15) is 12.8 Å². The molecule has 0 radical (unpaired) electrons. The maximum atomic E-state index is 14.3. The van der Waals surface area contributed by atoms with Gasteiger partial charge >= 0.3 is 0 Å². The Hall–Kier alpha value is -5.12.